The molecule has 0 saturated carbocycles. The first-order valence-electron chi connectivity index (χ1n) is 11.6. The van der Waals surface area contributed by atoms with Gasteiger partial charge in [-0.1, -0.05) is 12.1 Å². The van der Waals surface area contributed by atoms with Gasteiger partial charge in [-0.05, 0) is 61.9 Å². The molecule has 0 bridgehead atoms. The molecule has 13 heteroatoms. The lowest BCUT2D eigenvalue weighted by Gasteiger charge is -2.36. The number of rotatable bonds is 8. The number of halogens is 4. The third kappa shape index (κ3) is 6.25. The van der Waals surface area contributed by atoms with Gasteiger partial charge < -0.3 is 19.9 Å². The zero-order chi connectivity index (χ0) is 28.5. The molecule has 0 spiro atoms. The van der Waals surface area contributed by atoms with Crippen LogP contribution < -0.4 is 19.1 Å². The minimum Gasteiger partial charge on any atom is -0.484 e. The van der Waals surface area contributed by atoms with Crippen LogP contribution in [0.1, 0.15) is 13.8 Å². The van der Waals surface area contributed by atoms with E-state index in [0.29, 0.717) is 0 Å². The molecule has 208 valence electrons. The fraction of sp³-hybridized carbons (Fsp3) is 0.269. The van der Waals surface area contributed by atoms with Crippen LogP contribution in [-0.2, 0) is 14.8 Å². The van der Waals surface area contributed by atoms with Gasteiger partial charge in [0.25, 0.3) is 15.9 Å². The van der Waals surface area contributed by atoms with Gasteiger partial charge in [-0.25, -0.2) is 17.2 Å². The van der Waals surface area contributed by atoms with E-state index in [1.54, 1.807) is 0 Å². The van der Waals surface area contributed by atoms with E-state index in [0.717, 1.165) is 34.6 Å². The molecule has 8 nitrogen and oxygen atoms in total. The van der Waals surface area contributed by atoms with Gasteiger partial charge >= 0.3 is 6.61 Å². The fourth-order valence-corrected chi connectivity index (χ4v) is 5.43. The van der Waals surface area contributed by atoms with E-state index in [4.69, 9.17) is 4.74 Å². The van der Waals surface area contributed by atoms with Crippen molar-refractivity contribution in [3.05, 3.63) is 72.3 Å². The van der Waals surface area contributed by atoms with Crippen LogP contribution in [0.3, 0.4) is 0 Å². The smallest absolute Gasteiger partial charge is 0.387 e. The van der Waals surface area contributed by atoms with E-state index in [1.807, 2.05) is 0 Å². The highest BCUT2D eigenvalue weighted by atomic mass is 32.2. The number of carbonyl (C=O) groups excluding carboxylic acids is 1. The van der Waals surface area contributed by atoms with Gasteiger partial charge in [0.05, 0.1) is 23.7 Å². The van der Waals surface area contributed by atoms with Gasteiger partial charge in [-0.15, -0.1) is 0 Å². The van der Waals surface area contributed by atoms with Crippen LogP contribution in [-0.4, -0.2) is 50.8 Å². The molecule has 1 atom stereocenters. The molecule has 1 unspecified atom stereocenters. The highest BCUT2D eigenvalue weighted by Crippen LogP contribution is 2.40. The quantitative estimate of drug-likeness (QED) is 0.397. The zero-order valence-corrected chi connectivity index (χ0v) is 21.5. The van der Waals surface area contributed by atoms with Crippen LogP contribution in [0.25, 0.3) is 11.1 Å². The second-order valence-corrected chi connectivity index (χ2v) is 11.1. The summed E-state index contributed by atoms with van der Waals surface area (Å²) in [5.74, 6) is -2.51. The van der Waals surface area contributed by atoms with Crippen molar-refractivity contribution in [3.8, 4) is 22.6 Å². The predicted octanol–water partition coefficient (Wildman–Crippen LogP) is 4.08. The number of amides is 1. The number of hydrogen-bond acceptors (Lipinski definition) is 6. The summed E-state index contributed by atoms with van der Waals surface area (Å²) in [5, 5.41) is 12.4. The second kappa shape index (κ2) is 10.7. The summed E-state index contributed by atoms with van der Waals surface area (Å²) in [6.07, 6.45) is -0.934. The molecular formula is C26H24F4N2O6S. The Morgan fingerprint density at radius 2 is 1.90 bits per heavy atom. The Morgan fingerprint density at radius 1 is 1.15 bits per heavy atom. The predicted molar refractivity (Wildman–Crippen MR) is 133 cm³/mol. The lowest BCUT2D eigenvalue weighted by atomic mass is 10.0. The minimum atomic E-state index is -4.45. The Labute approximate surface area is 221 Å². The second-order valence-electron chi connectivity index (χ2n) is 9.21. The van der Waals surface area contributed by atoms with Crippen molar-refractivity contribution >= 4 is 21.6 Å². The van der Waals surface area contributed by atoms with E-state index in [2.05, 4.69) is 10.1 Å². The van der Waals surface area contributed by atoms with Gasteiger partial charge in [-0.2, -0.15) is 8.78 Å². The molecule has 1 heterocycles. The number of sulfonamides is 1. The number of benzene rings is 3. The lowest BCUT2D eigenvalue weighted by Crippen LogP contribution is -2.51. The molecule has 1 amide bonds. The number of carbonyl (C=O) groups is 1. The van der Waals surface area contributed by atoms with Crippen molar-refractivity contribution in [1.82, 2.24) is 5.32 Å². The molecule has 0 fully saturated rings. The molecule has 0 radical (unpaired) electrons. The van der Waals surface area contributed by atoms with E-state index in [-0.39, 0.29) is 46.3 Å². The van der Waals surface area contributed by atoms with Crippen LogP contribution >= 0.6 is 0 Å². The fourth-order valence-electron chi connectivity index (χ4n) is 3.89. The maximum absolute atomic E-state index is 14.5. The molecule has 3 aromatic rings. The maximum Gasteiger partial charge on any atom is 0.387 e. The molecule has 39 heavy (non-hydrogen) atoms. The molecule has 3 aromatic carbocycles. The molecule has 0 aliphatic carbocycles. The first-order chi connectivity index (χ1) is 18.3. The first kappa shape index (κ1) is 28.2. The van der Waals surface area contributed by atoms with Gasteiger partial charge in [0.1, 0.15) is 34.8 Å². The van der Waals surface area contributed by atoms with Crippen molar-refractivity contribution in [2.75, 3.05) is 17.4 Å². The highest BCUT2D eigenvalue weighted by Gasteiger charge is 2.36. The van der Waals surface area contributed by atoms with Crippen molar-refractivity contribution < 1.29 is 45.4 Å². The van der Waals surface area contributed by atoms with Crippen molar-refractivity contribution in [2.45, 2.75) is 37.1 Å². The highest BCUT2D eigenvalue weighted by molar-refractivity contribution is 7.92. The van der Waals surface area contributed by atoms with Crippen molar-refractivity contribution in [2.24, 2.45) is 0 Å². The van der Waals surface area contributed by atoms with Crippen LogP contribution in [0.5, 0.6) is 11.5 Å². The van der Waals surface area contributed by atoms with E-state index >= 15 is 0 Å². The van der Waals surface area contributed by atoms with Crippen molar-refractivity contribution in [3.63, 3.8) is 0 Å². The van der Waals surface area contributed by atoms with Gasteiger partial charge in [0.2, 0.25) is 0 Å². The summed E-state index contributed by atoms with van der Waals surface area (Å²) in [6.45, 7) is -1.17. The van der Waals surface area contributed by atoms with E-state index in [1.165, 1.54) is 44.2 Å². The summed E-state index contributed by atoms with van der Waals surface area (Å²) in [4.78, 5) is 11.8. The third-order valence-corrected chi connectivity index (χ3v) is 7.57. The Balaban J connectivity index is 1.77. The molecule has 4 rings (SSSR count). The normalized spacial score (nSPS) is 15.5. The summed E-state index contributed by atoms with van der Waals surface area (Å²) in [7, 11) is -4.45. The molecule has 0 aromatic heterocycles. The standard InChI is InChI=1S/C26H24F4N2O6S/c1-26(2,34)24(33)31-13-18-14-32(39(35,36)19-5-3-4-17(12-19)38-25(29)30)22-10-15(6-9-23(22)37-18)20-11-16(27)7-8-21(20)28/h3-12,18,25,34H,13-14H2,1-2H3,(H,31,33). The zero-order valence-electron chi connectivity index (χ0n) is 20.7. The lowest BCUT2D eigenvalue weighted by molar-refractivity contribution is -0.136. The Hall–Kier alpha value is -3.84. The number of fused-ring (bicyclic) bond motifs is 1. The first-order valence-corrected chi connectivity index (χ1v) is 13.0. The topological polar surface area (TPSA) is 105 Å². The van der Waals surface area contributed by atoms with Gasteiger partial charge in [-0.3, -0.25) is 9.10 Å². The molecule has 1 aliphatic heterocycles. The van der Waals surface area contributed by atoms with Crippen molar-refractivity contribution in [1.29, 1.82) is 0 Å². The molecule has 2 N–H and O–H groups in total. The Bertz CT molecular complexity index is 1490. The number of alkyl halides is 2. The molecule has 1 aliphatic rings. The van der Waals surface area contributed by atoms with Gasteiger partial charge in [0.15, 0.2) is 0 Å². The number of aliphatic hydroxyl groups is 1. The van der Waals surface area contributed by atoms with Gasteiger partial charge in [0, 0.05) is 11.6 Å². The average molecular weight is 569 g/mol. The average Bonchev–Trinajstić information content (AvgIpc) is 2.87. The SMILES string of the molecule is CC(C)(O)C(=O)NCC1CN(S(=O)(=O)c2cccc(OC(F)F)c2)c2cc(-c3cc(F)ccc3F)ccc2O1. The third-order valence-electron chi connectivity index (χ3n) is 5.79. The summed E-state index contributed by atoms with van der Waals surface area (Å²) in [5.41, 5.74) is -1.70. The van der Waals surface area contributed by atoms with Crippen LogP contribution in [0.15, 0.2) is 65.6 Å². The maximum atomic E-state index is 14.5. The number of anilines is 1. The number of nitrogens with one attached hydrogen (secondary N) is 1. The minimum absolute atomic E-state index is 0.0265. The molecule has 0 saturated heterocycles. The van der Waals surface area contributed by atoms with Crippen LogP contribution in [0.4, 0.5) is 23.2 Å². The number of hydrogen-bond donors (Lipinski definition) is 2. The monoisotopic (exact) mass is 568 g/mol. The van der Waals surface area contributed by atoms with Crippen LogP contribution in [0.2, 0.25) is 0 Å². The Morgan fingerprint density at radius 3 is 2.59 bits per heavy atom. The summed E-state index contributed by atoms with van der Waals surface area (Å²) < 4.78 is 92.5. The summed E-state index contributed by atoms with van der Waals surface area (Å²) >= 11 is 0. The largest absolute Gasteiger partial charge is 0.484 e. The summed E-state index contributed by atoms with van der Waals surface area (Å²) in [6, 6.07) is 11.4. The van der Waals surface area contributed by atoms with Crippen LogP contribution in [0, 0.1) is 11.6 Å². The number of ether oxygens (including phenoxy) is 2. The Kier molecular flexibility index (Phi) is 7.75. The van der Waals surface area contributed by atoms with E-state index < -0.39 is 45.9 Å². The van der Waals surface area contributed by atoms with E-state index in [9.17, 15) is 35.9 Å². The molecular weight excluding hydrogens is 544 g/mol. The number of nitrogens with zero attached hydrogens (tertiary/aromatic N) is 1.